The Kier molecular flexibility index (Phi) is 3.66. The lowest BCUT2D eigenvalue weighted by molar-refractivity contribution is -0.0367. The van der Waals surface area contributed by atoms with Gasteiger partial charge in [0.25, 0.3) is 0 Å². The van der Waals surface area contributed by atoms with Crippen LogP contribution in [0.3, 0.4) is 0 Å². The maximum atomic E-state index is 10.0. The molecule has 2 aromatic rings. The Morgan fingerprint density at radius 2 is 1.92 bits per heavy atom. The van der Waals surface area contributed by atoms with E-state index < -0.39 is 0 Å². The molecule has 4 nitrogen and oxygen atoms in total. The second-order valence-corrected chi connectivity index (χ2v) is 7.30. The van der Waals surface area contributed by atoms with Gasteiger partial charge in [-0.1, -0.05) is 35.9 Å². The van der Waals surface area contributed by atoms with E-state index in [0.29, 0.717) is 16.5 Å². The van der Waals surface area contributed by atoms with Crippen molar-refractivity contribution in [2.45, 2.75) is 25.0 Å². The SMILES string of the molecule is N#CC1=C2Oc3ccccc3N2[C@H]2OCCC[C@H]2[C@@H]1c1ccc(Cl)cc1. The first kappa shape index (κ1) is 15.7. The number of nitriles is 1. The molecular formula is C21H17ClN2O2. The third-order valence-electron chi connectivity index (χ3n) is 5.46. The fourth-order valence-electron chi connectivity index (χ4n) is 4.38. The Morgan fingerprint density at radius 3 is 2.73 bits per heavy atom. The fourth-order valence-corrected chi connectivity index (χ4v) is 4.50. The minimum Gasteiger partial charge on any atom is -0.437 e. The standard InChI is InChI=1S/C21H17ClN2O2/c22-14-9-7-13(8-10-14)19-15-4-3-11-25-20(15)24-17-5-1-2-6-18(17)26-21(24)16(19)12-23/h1-2,5-10,15,19-20H,3-4,11H2/t15-,19-,20-/m0/s1. The van der Waals surface area contributed by atoms with E-state index in [-0.39, 0.29) is 18.1 Å². The fraction of sp³-hybridized carbons (Fsp3) is 0.286. The first-order chi connectivity index (χ1) is 12.8. The number of hydrogen-bond donors (Lipinski definition) is 0. The summed E-state index contributed by atoms with van der Waals surface area (Å²) in [5, 5.41) is 10.7. The minimum absolute atomic E-state index is 0.0527. The van der Waals surface area contributed by atoms with Gasteiger partial charge in [0.1, 0.15) is 12.3 Å². The Morgan fingerprint density at radius 1 is 1.12 bits per heavy atom. The molecule has 0 radical (unpaired) electrons. The zero-order valence-corrected chi connectivity index (χ0v) is 14.8. The van der Waals surface area contributed by atoms with Gasteiger partial charge >= 0.3 is 0 Å². The molecule has 1 saturated heterocycles. The van der Waals surface area contributed by atoms with Crippen LogP contribution < -0.4 is 9.64 Å². The van der Waals surface area contributed by atoms with E-state index in [2.05, 4.69) is 11.0 Å². The van der Waals surface area contributed by atoms with Crippen molar-refractivity contribution in [3.8, 4) is 11.8 Å². The van der Waals surface area contributed by atoms with Crippen molar-refractivity contribution in [1.29, 1.82) is 5.26 Å². The number of rotatable bonds is 1. The number of benzene rings is 2. The van der Waals surface area contributed by atoms with Gasteiger partial charge in [-0.25, -0.2) is 0 Å². The van der Waals surface area contributed by atoms with Crippen molar-refractivity contribution in [2.24, 2.45) is 5.92 Å². The van der Waals surface area contributed by atoms with Crippen molar-refractivity contribution in [1.82, 2.24) is 0 Å². The average molecular weight is 365 g/mol. The van der Waals surface area contributed by atoms with E-state index in [9.17, 15) is 5.26 Å². The largest absolute Gasteiger partial charge is 0.437 e. The molecule has 1 fully saturated rings. The van der Waals surface area contributed by atoms with Crippen LogP contribution in [-0.2, 0) is 4.74 Å². The van der Waals surface area contributed by atoms with Gasteiger partial charge in [0.2, 0.25) is 5.88 Å². The number of anilines is 1. The van der Waals surface area contributed by atoms with Crippen LogP contribution in [-0.4, -0.2) is 12.8 Å². The number of fused-ring (bicyclic) bond motifs is 5. The third kappa shape index (κ3) is 2.25. The normalized spacial score (nSPS) is 26.5. The minimum atomic E-state index is -0.125. The number of ether oxygens (including phenoxy) is 2. The van der Waals surface area contributed by atoms with Crippen LogP contribution in [0.4, 0.5) is 5.69 Å². The summed E-state index contributed by atoms with van der Waals surface area (Å²) in [5.41, 5.74) is 2.72. The molecule has 0 aromatic heterocycles. The summed E-state index contributed by atoms with van der Waals surface area (Å²) in [5.74, 6) is 1.53. The highest BCUT2D eigenvalue weighted by Gasteiger charge is 2.49. The molecule has 3 aliphatic rings. The number of hydrogen-bond acceptors (Lipinski definition) is 4. The lowest BCUT2D eigenvalue weighted by Crippen LogP contribution is -2.50. The van der Waals surface area contributed by atoms with Crippen LogP contribution >= 0.6 is 11.6 Å². The van der Waals surface area contributed by atoms with E-state index >= 15 is 0 Å². The van der Waals surface area contributed by atoms with Gasteiger partial charge in [0.15, 0.2) is 5.75 Å². The average Bonchev–Trinajstić information content (AvgIpc) is 3.07. The van der Waals surface area contributed by atoms with Crippen molar-refractivity contribution in [2.75, 3.05) is 11.5 Å². The molecule has 2 aromatic carbocycles. The molecule has 3 heterocycles. The van der Waals surface area contributed by atoms with Crippen LogP contribution in [0.2, 0.25) is 5.02 Å². The predicted octanol–water partition coefficient (Wildman–Crippen LogP) is 4.82. The summed E-state index contributed by atoms with van der Waals surface area (Å²) in [4.78, 5) is 2.07. The second kappa shape index (κ2) is 6.05. The highest BCUT2D eigenvalue weighted by molar-refractivity contribution is 6.30. The Labute approximate surface area is 157 Å². The smallest absolute Gasteiger partial charge is 0.217 e. The highest BCUT2D eigenvalue weighted by Crippen LogP contribution is 2.52. The first-order valence-corrected chi connectivity index (χ1v) is 9.23. The highest BCUT2D eigenvalue weighted by atomic mass is 35.5. The molecule has 3 aliphatic heterocycles. The van der Waals surface area contributed by atoms with Crippen LogP contribution in [0.15, 0.2) is 60.0 Å². The van der Waals surface area contributed by atoms with Gasteiger partial charge in [-0.3, -0.25) is 4.90 Å². The van der Waals surface area contributed by atoms with Gasteiger partial charge < -0.3 is 9.47 Å². The lowest BCUT2D eigenvalue weighted by Gasteiger charge is -2.45. The molecule has 0 amide bonds. The molecule has 26 heavy (non-hydrogen) atoms. The number of halogens is 1. The molecule has 5 heteroatoms. The van der Waals surface area contributed by atoms with E-state index in [1.165, 1.54) is 0 Å². The van der Waals surface area contributed by atoms with Crippen molar-refractivity contribution < 1.29 is 9.47 Å². The molecule has 130 valence electrons. The number of para-hydroxylation sites is 2. The maximum Gasteiger partial charge on any atom is 0.217 e. The van der Waals surface area contributed by atoms with Crippen molar-refractivity contribution >= 4 is 17.3 Å². The van der Waals surface area contributed by atoms with Gasteiger partial charge in [-0.2, -0.15) is 5.26 Å². The molecule has 5 rings (SSSR count). The second-order valence-electron chi connectivity index (χ2n) is 6.87. The topological polar surface area (TPSA) is 45.5 Å². The van der Waals surface area contributed by atoms with Gasteiger partial charge in [-0.05, 0) is 42.7 Å². The summed E-state index contributed by atoms with van der Waals surface area (Å²) in [7, 11) is 0. The summed E-state index contributed by atoms with van der Waals surface area (Å²) < 4.78 is 12.3. The predicted molar refractivity (Wildman–Crippen MR) is 98.8 cm³/mol. The molecule has 0 saturated carbocycles. The van der Waals surface area contributed by atoms with E-state index in [1.54, 1.807) is 0 Å². The lowest BCUT2D eigenvalue weighted by atomic mass is 9.74. The molecular weight excluding hydrogens is 348 g/mol. The zero-order valence-electron chi connectivity index (χ0n) is 14.1. The van der Waals surface area contributed by atoms with E-state index in [4.69, 9.17) is 21.1 Å². The van der Waals surface area contributed by atoms with Crippen molar-refractivity contribution in [3.05, 3.63) is 70.6 Å². The summed E-state index contributed by atoms with van der Waals surface area (Å²) in [6.45, 7) is 0.725. The monoisotopic (exact) mass is 364 g/mol. The molecule has 0 aliphatic carbocycles. The molecule has 0 spiro atoms. The van der Waals surface area contributed by atoms with Crippen LogP contribution in [0.5, 0.6) is 5.75 Å². The van der Waals surface area contributed by atoms with Gasteiger partial charge in [0, 0.05) is 23.5 Å². The van der Waals surface area contributed by atoms with E-state index in [0.717, 1.165) is 36.4 Å². The first-order valence-electron chi connectivity index (χ1n) is 8.85. The van der Waals surface area contributed by atoms with Gasteiger partial charge in [0.05, 0.1) is 11.3 Å². The number of nitrogens with zero attached hydrogens (tertiary/aromatic N) is 2. The quantitative estimate of drug-likeness (QED) is 0.727. The van der Waals surface area contributed by atoms with Gasteiger partial charge in [-0.15, -0.1) is 0 Å². The van der Waals surface area contributed by atoms with Crippen molar-refractivity contribution in [3.63, 3.8) is 0 Å². The third-order valence-corrected chi connectivity index (χ3v) is 5.71. The zero-order chi connectivity index (χ0) is 17.7. The van der Waals surface area contributed by atoms with Crippen LogP contribution in [0.25, 0.3) is 0 Å². The molecule has 0 unspecified atom stereocenters. The number of allylic oxidation sites excluding steroid dienone is 1. The summed E-state index contributed by atoms with van der Waals surface area (Å²) in [6, 6.07) is 18.1. The summed E-state index contributed by atoms with van der Waals surface area (Å²) in [6.07, 6.45) is 1.88. The maximum absolute atomic E-state index is 10.0. The Hall–Kier alpha value is -2.48. The van der Waals surface area contributed by atoms with Crippen LogP contribution in [0.1, 0.15) is 24.3 Å². The van der Waals surface area contributed by atoms with E-state index in [1.807, 2.05) is 48.5 Å². The Bertz CT molecular complexity index is 932. The van der Waals surface area contributed by atoms with Crippen LogP contribution in [0, 0.1) is 17.2 Å². The Balaban J connectivity index is 1.70. The molecule has 0 bridgehead atoms. The summed E-state index contributed by atoms with van der Waals surface area (Å²) >= 11 is 6.07. The molecule has 0 N–H and O–H groups in total. The molecule has 3 atom stereocenters.